The molecular formula is C12H11FN2O2S. The first-order chi connectivity index (χ1) is 8.59. The molecule has 2 aromatic rings. The molecule has 18 heavy (non-hydrogen) atoms. The number of nitrogens with zero attached hydrogens (tertiary/aromatic N) is 1. The lowest BCUT2D eigenvalue weighted by atomic mass is 10.3. The molecule has 0 aliphatic carbocycles. The van der Waals surface area contributed by atoms with Gasteiger partial charge >= 0.3 is 0 Å². The van der Waals surface area contributed by atoms with Crippen molar-refractivity contribution in [3.63, 3.8) is 0 Å². The minimum Gasteiger partial charge on any atom is -0.260 e. The van der Waals surface area contributed by atoms with Crippen LogP contribution in [0, 0.1) is 5.82 Å². The Balaban J connectivity index is 2.16. The van der Waals surface area contributed by atoms with Crippen molar-refractivity contribution in [3.05, 3.63) is 60.2 Å². The number of hydrogen-bond donors (Lipinski definition) is 1. The molecule has 0 saturated heterocycles. The van der Waals surface area contributed by atoms with E-state index in [2.05, 4.69) is 9.71 Å². The van der Waals surface area contributed by atoms with Gasteiger partial charge in [-0.3, -0.25) is 4.98 Å². The largest absolute Gasteiger partial charge is 0.260 e. The van der Waals surface area contributed by atoms with Gasteiger partial charge in [0, 0.05) is 6.20 Å². The Morgan fingerprint density at radius 1 is 1.11 bits per heavy atom. The molecule has 1 heterocycles. The molecule has 94 valence electrons. The first kappa shape index (κ1) is 12.7. The molecule has 1 aromatic heterocycles. The second-order valence-corrected chi connectivity index (χ2v) is 5.31. The van der Waals surface area contributed by atoms with Gasteiger partial charge in [-0.15, -0.1) is 0 Å². The van der Waals surface area contributed by atoms with Gasteiger partial charge in [-0.1, -0.05) is 18.2 Å². The van der Waals surface area contributed by atoms with Crippen LogP contribution in [0.2, 0.25) is 0 Å². The highest BCUT2D eigenvalue weighted by Crippen LogP contribution is 2.13. The quantitative estimate of drug-likeness (QED) is 0.916. The Bertz CT molecular complexity index is 630. The van der Waals surface area contributed by atoms with Gasteiger partial charge in [-0.2, -0.15) is 0 Å². The molecule has 1 N–H and O–H groups in total. The fourth-order valence-corrected chi connectivity index (χ4v) is 2.49. The zero-order valence-electron chi connectivity index (χ0n) is 9.38. The third-order valence-electron chi connectivity index (χ3n) is 2.30. The summed E-state index contributed by atoms with van der Waals surface area (Å²) in [5, 5.41) is 0. The second-order valence-electron chi connectivity index (χ2n) is 3.58. The zero-order chi connectivity index (χ0) is 13.0. The Morgan fingerprint density at radius 3 is 2.50 bits per heavy atom. The fourth-order valence-electron chi connectivity index (χ4n) is 1.41. The number of pyridine rings is 1. The van der Waals surface area contributed by atoms with E-state index in [0.717, 1.165) is 6.07 Å². The lowest BCUT2D eigenvalue weighted by Gasteiger charge is -2.06. The first-order valence-corrected chi connectivity index (χ1v) is 6.72. The molecule has 1 aromatic carbocycles. The van der Waals surface area contributed by atoms with Gasteiger partial charge in [0.05, 0.1) is 12.2 Å². The summed E-state index contributed by atoms with van der Waals surface area (Å²) in [5.41, 5.74) is 0.567. The topological polar surface area (TPSA) is 59.1 Å². The van der Waals surface area contributed by atoms with Crippen LogP contribution in [-0.4, -0.2) is 13.4 Å². The standard InChI is InChI=1S/C12H11FN2O2S/c13-11-6-1-2-7-12(11)18(16,17)15-9-10-5-3-4-8-14-10/h1-8,15H,9H2. The lowest BCUT2D eigenvalue weighted by Crippen LogP contribution is -2.24. The molecule has 4 nitrogen and oxygen atoms in total. The SMILES string of the molecule is O=S(=O)(NCc1ccccn1)c1ccccc1F. The van der Waals surface area contributed by atoms with E-state index in [1.165, 1.54) is 18.2 Å². The molecule has 0 saturated carbocycles. The molecule has 6 heteroatoms. The molecule has 0 unspecified atom stereocenters. The Kier molecular flexibility index (Phi) is 3.69. The summed E-state index contributed by atoms with van der Waals surface area (Å²) in [7, 11) is -3.85. The predicted molar refractivity (Wildman–Crippen MR) is 64.7 cm³/mol. The van der Waals surface area contributed by atoms with Crippen molar-refractivity contribution in [1.29, 1.82) is 0 Å². The van der Waals surface area contributed by atoms with Crippen molar-refractivity contribution < 1.29 is 12.8 Å². The van der Waals surface area contributed by atoms with Gasteiger partial charge in [-0.05, 0) is 24.3 Å². The number of halogens is 1. The van der Waals surface area contributed by atoms with Gasteiger partial charge < -0.3 is 0 Å². The van der Waals surface area contributed by atoms with E-state index in [9.17, 15) is 12.8 Å². The van der Waals surface area contributed by atoms with Gasteiger partial charge in [-0.25, -0.2) is 17.5 Å². The zero-order valence-corrected chi connectivity index (χ0v) is 10.2. The summed E-state index contributed by atoms with van der Waals surface area (Å²) in [6.07, 6.45) is 1.56. The van der Waals surface area contributed by atoms with Crippen LogP contribution in [0.25, 0.3) is 0 Å². The van der Waals surface area contributed by atoms with Crippen LogP contribution in [0.5, 0.6) is 0 Å². The second kappa shape index (κ2) is 5.24. The van der Waals surface area contributed by atoms with E-state index in [4.69, 9.17) is 0 Å². The van der Waals surface area contributed by atoms with Crippen LogP contribution in [-0.2, 0) is 16.6 Å². The van der Waals surface area contributed by atoms with Gasteiger partial charge in [0.2, 0.25) is 10.0 Å². The van der Waals surface area contributed by atoms with Gasteiger partial charge in [0.15, 0.2) is 0 Å². The molecule has 0 atom stereocenters. The average Bonchev–Trinajstić information content (AvgIpc) is 2.38. The molecule has 0 spiro atoms. The molecule has 2 rings (SSSR count). The summed E-state index contributed by atoms with van der Waals surface area (Å²) in [6.45, 7) is 0.0253. The number of aromatic nitrogens is 1. The summed E-state index contributed by atoms with van der Waals surface area (Å²) in [6, 6.07) is 10.4. The van der Waals surface area contributed by atoms with Crippen molar-refractivity contribution in [1.82, 2.24) is 9.71 Å². The summed E-state index contributed by atoms with van der Waals surface area (Å²) in [4.78, 5) is 3.62. The fraction of sp³-hybridized carbons (Fsp3) is 0.0833. The van der Waals surface area contributed by atoms with E-state index in [1.54, 1.807) is 24.4 Å². The molecule has 0 amide bonds. The molecule has 0 aliphatic heterocycles. The Morgan fingerprint density at radius 2 is 1.83 bits per heavy atom. The van der Waals surface area contributed by atoms with Crippen molar-refractivity contribution in [2.24, 2.45) is 0 Å². The maximum Gasteiger partial charge on any atom is 0.243 e. The van der Waals surface area contributed by atoms with Crippen LogP contribution in [0.3, 0.4) is 0 Å². The minimum absolute atomic E-state index is 0.0253. The van der Waals surface area contributed by atoms with Crippen molar-refractivity contribution in [2.45, 2.75) is 11.4 Å². The molecule has 0 aliphatic rings. The van der Waals surface area contributed by atoms with E-state index in [-0.39, 0.29) is 11.4 Å². The maximum absolute atomic E-state index is 13.4. The molecule has 0 bridgehead atoms. The Labute approximate surface area is 105 Å². The summed E-state index contributed by atoms with van der Waals surface area (Å²) >= 11 is 0. The van der Waals surface area contributed by atoms with Crippen LogP contribution in [0.4, 0.5) is 4.39 Å². The van der Waals surface area contributed by atoms with Crippen LogP contribution in [0.15, 0.2) is 53.6 Å². The summed E-state index contributed by atoms with van der Waals surface area (Å²) < 4.78 is 39.4. The average molecular weight is 266 g/mol. The summed E-state index contributed by atoms with van der Waals surface area (Å²) in [5.74, 6) is -0.772. The van der Waals surface area contributed by atoms with E-state index >= 15 is 0 Å². The first-order valence-electron chi connectivity index (χ1n) is 5.24. The highest BCUT2D eigenvalue weighted by Gasteiger charge is 2.17. The van der Waals surface area contributed by atoms with Crippen LogP contribution < -0.4 is 4.72 Å². The molecular weight excluding hydrogens is 255 g/mol. The number of sulfonamides is 1. The normalized spacial score (nSPS) is 11.4. The van der Waals surface area contributed by atoms with Crippen molar-refractivity contribution >= 4 is 10.0 Å². The minimum atomic E-state index is -3.85. The van der Waals surface area contributed by atoms with E-state index in [1.807, 2.05) is 0 Å². The number of rotatable bonds is 4. The molecule has 0 radical (unpaired) electrons. The maximum atomic E-state index is 13.4. The van der Waals surface area contributed by atoms with Crippen LogP contribution >= 0.6 is 0 Å². The Hall–Kier alpha value is -1.79. The van der Waals surface area contributed by atoms with E-state index < -0.39 is 15.8 Å². The van der Waals surface area contributed by atoms with E-state index in [0.29, 0.717) is 5.69 Å². The van der Waals surface area contributed by atoms with Gasteiger partial charge in [0.1, 0.15) is 10.7 Å². The molecule has 0 fully saturated rings. The number of hydrogen-bond acceptors (Lipinski definition) is 3. The number of benzene rings is 1. The highest BCUT2D eigenvalue weighted by atomic mass is 32.2. The monoisotopic (exact) mass is 266 g/mol. The third kappa shape index (κ3) is 2.91. The predicted octanol–water partition coefficient (Wildman–Crippen LogP) is 1.70. The van der Waals surface area contributed by atoms with Crippen molar-refractivity contribution in [2.75, 3.05) is 0 Å². The van der Waals surface area contributed by atoms with Crippen LogP contribution in [0.1, 0.15) is 5.69 Å². The smallest absolute Gasteiger partial charge is 0.243 e. The van der Waals surface area contributed by atoms with Gasteiger partial charge in [0.25, 0.3) is 0 Å². The third-order valence-corrected chi connectivity index (χ3v) is 3.73. The van der Waals surface area contributed by atoms with Crippen molar-refractivity contribution in [3.8, 4) is 0 Å². The lowest BCUT2D eigenvalue weighted by molar-refractivity contribution is 0.556. The highest BCUT2D eigenvalue weighted by molar-refractivity contribution is 7.89. The number of nitrogens with one attached hydrogen (secondary N) is 1.